The first kappa shape index (κ1) is 27.3. The Kier molecular flexibility index (Phi) is 6.44. The van der Waals surface area contributed by atoms with Crippen molar-refractivity contribution in [1.29, 1.82) is 0 Å². The van der Waals surface area contributed by atoms with E-state index in [-0.39, 0.29) is 27.4 Å². The lowest BCUT2D eigenvalue weighted by atomic mass is 10.0. The van der Waals surface area contributed by atoms with Gasteiger partial charge in [-0.1, -0.05) is 22.9 Å². The highest BCUT2D eigenvalue weighted by atomic mass is 35.5. The predicted molar refractivity (Wildman–Crippen MR) is 138 cm³/mol. The second-order valence-electron chi connectivity index (χ2n) is 9.59. The molecule has 0 unspecified atom stereocenters. The standard InChI is InChI=1S/C27H17ClF5N7O2/c28-18-4-6-20(39-12-22(36-37-39)27(31,32)33)23(24(18)30)15-7-14-2-5-21(25(14)40(42)11-15)38-10-16(9-35-38)13-1-3-17(26(34)41)19(29)8-13/h1,3-4,6-12,21H,2,5H2,(H2,34,41)/t21-/m0/s1. The number of amides is 1. The first-order valence-electron chi connectivity index (χ1n) is 12.3. The van der Waals surface area contributed by atoms with E-state index >= 15 is 4.39 Å². The Morgan fingerprint density at radius 1 is 1.10 bits per heavy atom. The quantitative estimate of drug-likeness (QED) is 0.172. The highest BCUT2D eigenvalue weighted by Crippen LogP contribution is 2.38. The number of carbonyl (C=O) groups is 1. The zero-order valence-corrected chi connectivity index (χ0v) is 21.9. The summed E-state index contributed by atoms with van der Waals surface area (Å²) < 4.78 is 71.9. The molecule has 3 heterocycles. The maximum atomic E-state index is 15.4. The van der Waals surface area contributed by atoms with Gasteiger partial charge in [-0.15, -0.1) is 5.10 Å². The minimum absolute atomic E-state index is 0.0784. The van der Waals surface area contributed by atoms with Gasteiger partial charge in [0, 0.05) is 17.3 Å². The number of primary amides is 1. The molecule has 3 aromatic heterocycles. The van der Waals surface area contributed by atoms with Crippen LogP contribution in [0.3, 0.4) is 0 Å². The topological polar surface area (TPSA) is 119 Å². The molecule has 2 aromatic carbocycles. The Morgan fingerprint density at radius 3 is 2.57 bits per heavy atom. The molecule has 0 saturated carbocycles. The van der Waals surface area contributed by atoms with Gasteiger partial charge in [-0.25, -0.2) is 13.5 Å². The van der Waals surface area contributed by atoms with Crippen molar-refractivity contribution in [2.75, 3.05) is 0 Å². The van der Waals surface area contributed by atoms with E-state index in [0.717, 1.165) is 16.9 Å². The van der Waals surface area contributed by atoms with Crippen LogP contribution < -0.4 is 10.5 Å². The molecule has 214 valence electrons. The van der Waals surface area contributed by atoms with Gasteiger partial charge in [-0.05, 0) is 48.7 Å². The summed E-state index contributed by atoms with van der Waals surface area (Å²) >= 11 is 6.00. The van der Waals surface area contributed by atoms with E-state index in [9.17, 15) is 27.6 Å². The third-order valence-corrected chi connectivity index (χ3v) is 7.33. The number of aromatic nitrogens is 6. The van der Waals surface area contributed by atoms with Crippen molar-refractivity contribution in [3.05, 3.63) is 106 Å². The number of aryl methyl sites for hydroxylation is 1. The molecular weight excluding hydrogens is 585 g/mol. The molecule has 1 amide bonds. The van der Waals surface area contributed by atoms with Crippen molar-refractivity contribution in [3.63, 3.8) is 0 Å². The van der Waals surface area contributed by atoms with Crippen LogP contribution in [0.4, 0.5) is 22.0 Å². The largest absolute Gasteiger partial charge is 0.618 e. The number of rotatable bonds is 5. The molecule has 6 rings (SSSR count). The maximum Gasteiger partial charge on any atom is 0.436 e. The van der Waals surface area contributed by atoms with Crippen molar-refractivity contribution in [2.45, 2.75) is 25.1 Å². The van der Waals surface area contributed by atoms with Crippen LogP contribution in [0, 0.1) is 16.8 Å². The van der Waals surface area contributed by atoms with Crippen LogP contribution in [0.2, 0.25) is 5.02 Å². The van der Waals surface area contributed by atoms with Crippen LogP contribution in [0.15, 0.2) is 61.2 Å². The number of nitrogens with two attached hydrogens (primary N) is 1. The summed E-state index contributed by atoms with van der Waals surface area (Å²) in [6.45, 7) is 0. The number of alkyl halides is 3. The summed E-state index contributed by atoms with van der Waals surface area (Å²) in [7, 11) is 0. The van der Waals surface area contributed by atoms with Crippen LogP contribution in [-0.4, -0.2) is 30.7 Å². The van der Waals surface area contributed by atoms with E-state index in [4.69, 9.17) is 17.3 Å². The molecule has 0 radical (unpaired) electrons. The van der Waals surface area contributed by atoms with Crippen molar-refractivity contribution in [1.82, 2.24) is 24.8 Å². The van der Waals surface area contributed by atoms with Gasteiger partial charge in [0.2, 0.25) is 5.69 Å². The Balaban J connectivity index is 1.37. The fourth-order valence-corrected chi connectivity index (χ4v) is 5.25. The molecule has 15 heteroatoms. The number of carbonyl (C=O) groups excluding carboxylic acids is 1. The van der Waals surface area contributed by atoms with Gasteiger partial charge in [-0.3, -0.25) is 9.48 Å². The van der Waals surface area contributed by atoms with Crippen LogP contribution in [-0.2, 0) is 12.6 Å². The zero-order chi connectivity index (χ0) is 29.9. The summed E-state index contributed by atoms with van der Waals surface area (Å²) in [6, 6.07) is 7.47. The summed E-state index contributed by atoms with van der Waals surface area (Å²) in [5.41, 5.74) is 5.29. The Bertz CT molecular complexity index is 1890. The van der Waals surface area contributed by atoms with Gasteiger partial charge >= 0.3 is 6.18 Å². The second kappa shape index (κ2) is 9.91. The van der Waals surface area contributed by atoms with Gasteiger partial charge in [-0.2, -0.15) is 23.0 Å². The third-order valence-electron chi connectivity index (χ3n) is 7.04. The molecule has 1 atom stereocenters. The molecule has 1 aliphatic carbocycles. The van der Waals surface area contributed by atoms with Crippen LogP contribution in [0.25, 0.3) is 27.9 Å². The molecule has 1 aliphatic rings. The van der Waals surface area contributed by atoms with Crippen LogP contribution in [0.5, 0.6) is 0 Å². The third kappa shape index (κ3) is 4.62. The smallest absolute Gasteiger partial charge is 0.436 e. The Labute approximate surface area is 238 Å². The van der Waals surface area contributed by atoms with E-state index in [2.05, 4.69) is 15.4 Å². The molecule has 0 fully saturated rings. The molecule has 2 N–H and O–H groups in total. The average molecular weight is 602 g/mol. The van der Waals surface area contributed by atoms with E-state index in [1.165, 1.54) is 30.5 Å². The minimum atomic E-state index is -4.77. The highest BCUT2D eigenvalue weighted by Gasteiger charge is 2.36. The molecule has 42 heavy (non-hydrogen) atoms. The van der Waals surface area contributed by atoms with Crippen LogP contribution in [0.1, 0.15) is 39.8 Å². The number of nitrogens with zero attached hydrogens (tertiary/aromatic N) is 6. The monoisotopic (exact) mass is 601 g/mol. The number of benzene rings is 2. The van der Waals surface area contributed by atoms with E-state index in [0.29, 0.717) is 46.2 Å². The molecule has 5 aromatic rings. The molecule has 0 spiro atoms. The van der Waals surface area contributed by atoms with E-state index in [1.54, 1.807) is 16.9 Å². The van der Waals surface area contributed by atoms with Crippen LogP contribution >= 0.6 is 11.6 Å². The summed E-state index contributed by atoms with van der Waals surface area (Å²) in [5.74, 6) is -2.62. The molecule has 0 aliphatic heterocycles. The number of hydrogen-bond acceptors (Lipinski definition) is 5. The zero-order valence-electron chi connectivity index (χ0n) is 21.1. The predicted octanol–water partition coefficient (Wildman–Crippen LogP) is 5.02. The lowest BCUT2D eigenvalue weighted by molar-refractivity contribution is -0.615. The number of pyridine rings is 1. The lowest BCUT2D eigenvalue weighted by Crippen LogP contribution is -2.34. The van der Waals surface area contributed by atoms with E-state index in [1.807, 2.05) is 0 Å². The maximum absolute atomic E-state index is 15.4. The molecule has 0 saturated heterocycles. The highest BCUT2D eigenvalue weighted by molar-refractivity contribution is 6.31. The van der Waals surface area contributed by atoms with Gasteiger partial charge < -0.3 is 10.9 Å². The summed E-state index contributed by atoms with van der Waals surface area (Å²) in [5, 5.41) is 24.0. The van der Waals surface area contributed by atoms with Gasteiger partial charge in [0.25, 0.3) is 5.91 Å². The average Bonchev–Trinajstić information content (AvgIpc) is 3.69. The summed E-state index contributed by atoms with van der Waals surface area (Å²) in [4.78, 5) is 11.3. The van der Waals surface area contributed by atoms with Crippen molar-refractivity contribution >= 4 is 17.5 Å². The van der Waals surface area contributed by atoms with Gasteiger partial charge in [0.1, 0.15) is 11.9 Å². The number of hydrogen-bond donors (Lipinski definition) is 1. The number of halogens is 6. The normalized spacial score (nSPS) is 14.8. The van der Waals surface area contributed by atoms with Gasteiger partial charge in [0.05, 0.1) is 39.8 Å². The minimum Gasteiger partial charge on any atom is -0.618 e. The Hall–Kier alpha value is -4.85. The van der Waals surface area contributed by atoms with E-state index < -0.39 is 35.5 Å². The second-order valence-corrected chi connectivity index (χ2v) is 10.00. The lowest BCUT2D eigenvalue weighted by Gasteiger charge is -2.15. The first-order chi connectivity index (χ1) is 19.9. The molecular formula is C27H17ClF5N7O2. The van der Waals surface area contributed by atoms with Crippen molar-refractivity contribution < 1.29 is 31.5 Å². The van der Waals surface area contributed by atoms with Crippen molar-refractivity contribution in [2.24, 2.45) is 5.73 Å². The summed E-state index contributed by atoms with van der Waals surface area (Å²) in [6.07, 6.45) is 0.942. The molecule has 9 nitrogen and oxygen atoms in total. The molecule has 0 bridgehead atoms. The first-order valence-corrected chi connectivity index (χ1v) is 12.7. The fraction of sp³-hybridized carbons (Fsp3) is 0.148. The van der Waals surface area contributed by atoms with Gasteiger partial charge in [0.15, 0.2) is 17.7 Å². The Morgan fingerprint density at radius 2 is 1.88 bits per heavy atom. The fourth-order valence-electron chi connectivity index (χ4n) is 5.09. The number of fused-ring (bicyclic) bond motifs is 1. The SMILES string of the molecule is NC(=O)c1ccc(-c2cnn([C@H]3CCc4cc(-c5c(-n6cc(C(F)(F)F)nn6)ccc(Cl)c5F)c[n+]([O-])c43)c2)cc1F. The van der Waals surface area contributed by atoms with Crippen molar-refractivity contribution in [3.8, 4) is 27.9 Å².